The topological polar surface area (TPSA) is 37.8 Å². The second kappa shape index (κ2) is 6.87. The smallest absolute Gasteiger partial charge is 0.297 e. The van der Waals surface area contributed by atoms with E-state index in [9.17, 15) is 8.78 Å². The first kappa shape index (κ1) is 15.6. The van der Waals surface area contributed by atoms with Crippen molar-refractivity contribution < 1.29 is 8.78 Å². The van der Waals surface area contributed by atoms with Gasteiger partial charge in [0.05, 0.1) is 5.52 Å². The molecule has 0 aliphatic rings. The van der Waals surface area contributed by atoms with Gasteiger partial charge in [0.1, 0.15) is 5.82 Å². The summed E-state index contributed by atoms with van der Waals surface area (Å²) in [5, 5.41) is 4.54. The fraction of sp³-hybridized carbons (Fsp3) is 0.176. The Morgan fingerprint density at radius 2 is 1.74 bits per heavy atom. The van der Waals surface area contributed by atoms with Crippen LogP contribution in [0.1, 0.15) is 17.8 Å². The summed E-state index contributed by atoms with van der Waals surface area (Å²) in [6.07, 6.45) is -1.96. The molecule has 23 heavy (non-hydrogen) atoms. The van der Waals surface area contributed by atoms with Gasteiger partial charge in [-0.15, -0.1) is 0 Å². The lowest BCUT2D eigenvalue weighted by molar-refractivity contribution is 0.141. The van der Waals surface area contributed by atoms with Crippen LogP contribution >= 0.6 is 11.6 Å². The predicted molar refractivity (Wildman–Crippen MR) is 88.1 cm³/mol. The fourth-order valence-corrected chi connectivity index (χ4v) is 2.43. The van der Waals surface area contributed by atoms with Gasteiger partial charge in [0.25, 0.3) is 6.43 Å². The molecule has 6 heteroatoms. The monoisotopic (exact) mass is 333 g/mol. The molecule has 0 saturated carbocycles. The highest BCUT2D eigenvalue weighted by Gasteiger charge is 2.14. The number of aromatic nitrogens is 2. The number of nitrogens with one attached hydrogen (secondary N) is 1. The number of alkyl halides is 2. The van der Waals surface area contributed by atoms with E-state index in [0.717, 1.165) is 17.4 Å². The van der Waals surface area contributed by atoms with E-state index >= 15 is 0 Å². The van der Waals surface area contributed by atoms with Gasteiger partial charge >= 0.3 is 0 Å². The Hall–Kier alpha value is -2.27. The van der Waals surface area contributed by atoms with Crippen LogP contribution in [-0.2, 0) is 6.42 Å². The molecule has 3 aromatic rings. The first-order chi connectivity index (χ1) is 11.1. The second-order valence-corrected chi connectivity index (χ2v) is 5.49. The fourth-order valence-electron chi connectivity index (χ4n) is 2.30. The van der Waals surface area contributed by atoms with Crippen molar-refractivity contribution >= 4 is 28.3 Å². The molecular weight excluding hydrogens is 320 g/mol. The van der Waals surface area contributed by atoms with Crippen molar-refractivity contribution in [3.63, 3.8) is 0 Å². The Labute approximate surface area is 137 Å². The van der Waals surface area contributed by atoms with Crippen LogP contribution in [0.5, 0.6) is 0 Å². The third-order valence-electron chi connectivity index (χ3n) is 3.44. The molecule has 0 bridgehead atoms. The van der Waals surface area contributed by atoms with Crippen LogP contribution in [0.15, 0.2) is 48.5 Å². The molecule has 1 N–H and O–H groups in total. The first-order valence-corrected chi connectivity index (χ1v) is 7.54. The van der Waals surface area contributed by atoms with Crippen molar-refractivity contribution in [1.29, 1.82) is 0 Å². The first-order valence-electron chi connectivity index (χ1n) is 7.16. The molecule has 0 spiro atoms. The van der Waals surface area contributed by atoms with E-state index in [1.165, 1.54) is 0 Å². The van der Waals surface area contributed by atoms with Gasteiger partial charge in [0, 0.05) is 17.0 Å². The van der Waals surface area contributed by atoms with Crippen LogP contribution in [0.25, 0.3) is 10.9 Å². The number of fused-ring (bicyclic) bond motifs is 1. The van der Waals surface area contributed by atoms with Crippen LogP contribution in [0, 0.1) is 0 Å². The third kappa shape index (κ3) is 3.74. The number of hydrogen-bond donors (Lipinski definition) is 1. The summed E-state index contributed by atoms with van der Waals surface area (Å²) in [6, 6.07) is 14.6. The quantitative estimate of drug-likeness (QED) is 0.723. The maximum atomic E-state index is 12.9. The van der Waals surface area contributed by atoms with Crippen LogP contribution < -0.4 is 5.32 Å². The highest BCUT2D eigenvalue weighted by Crippen LogP contribution is 2.24. The summed E-state index contributed by atoms with van der Waals surface area (Å²) in [5.74, 6) is -0.0300. The molecule has 2 aromatic carbocycles. The molecule has 0 aliphatic carbocycles. The molecule has 0 radical (unpaired) electrons. The lowest BCUT2D eigenvalue weighted by atomic mass is 10.1. The van der Waals surface area contributed by atoms with Crippen molar-refractivity contribution in [2.75, 3.05) is 11.9 Å². The van der Waals surface area contributed by atoms with Crippen LogP contribution in [0.2, 0.25) is 5.02 Å². The molecule has 0 fully saturated rings. The molecule has 0 atom stereocenters. The van der Waals surface area contributed by atoms with Gasteiger partial charge < -0.3 is 5.32 Å². The van der Waals surface area contributed by atoms with E-state index in [4.69, 9.17) is 11.6 Å². The molecule has 0 amide bonds. The maximum absolute atomic E-state index is 12.9. The standard InChI is InChI=1S/C17H14ClF2N3/c18-12-7-5-11(6-8-12)9-10-21-16-13-3-1-2-4-14(13)22-17(23-16)15(19)20/h1-8,15H,9-10H2,(H,21,22,23). The number of hydrogen-bond acceptors (Lipinski definition) is 3. The number of anilines is 1. The van der Waals surface area contributed by atoms with Gasteiger partial charge in [-0.25, -0.2) is 18.7 Å². The molecule has 0 aliphatic heterocycles. The Balaban J connectivity index is 1.79. The van der Waals surface area contributed by atoms with Gasteiger partial charge in [-0.1, -0.05) is 35.9 Å². The summed E-state index contributed by atoms with van der Waals surface area (Å²) in [7, 11) is 0. The molecule has 3 rings (SSSR count). The van der Waals surface area contributed by atoms with Crippen molar-refractivity contribution in [3.05, 3.63) is 64.9 Å². The van der Waals surface area contributed by atoms with E-state index < -0.39 is 12.2 Å². The van der Waals surface area contributed by atoms with Crippen molar-refractivity contribution in [2.45, 2.75) is 12.8 Å². The summed E-state index contributed by atoms with van der Waals surface area (Å²) in [6.45, 7) is 0.575. The summed E-state index contributed by atoms with van der Waals surface area (Å²) in [5.41, 5.74) is 1.61. The lowest BCUT2D eigenvalue weighted by Crippen LogP contribution is -2.09. The summed E-state index contributed by atoms with van der Waals surface area (Å²) in [4.78, 5) is 7.85. The normalized spacial score (nSPS) is 11.1. The van der Waals surface area contributed by atoms with Crippen molar-refractivity contribution in [2.24, 2.45) is 0 Å². The minimum absolute atomic E-state index is 0.430. The van der Waals surface area contributed by atoms with Crippen LogP contribution in [-0.4, -0.2) is 16.5 Å². The van der Waals surface area contributed by atoms with Crippen LogP contribution in [0.3, 0.4) is 0 Å². The Kier molecular flexibility index (Phi) is 4.67. The third-order valence-corrected chi connectivity index (χ3v) is 3.69. The Bertz CT molecular complexity index is 807. The number of para-hydroxylation sites is 1. The van der Waals surface area contributed by atoms with Gasteiger partial charge in [-0.2, -0.15) is 0 Å². The minimum atomic E-state index is -2.70. The Morgan fingerprint density at radius 1 is 1.00 bits per heavy atom. The highest BCUT2D eigenvalue weighted by atomic mass is 35.5. The minimum Gasteiger partial charge on any atom is -0.369 e. The number of benzene rings is 2. The zero-order valence-corrected chi connectivity index (χ0v) is 12.9. The number of rotatable bonds is 5. The molecule has 1 heterocycles. The lowest BCUT2D eigenvalue weighted by Gasteiger charge is -2.10. The predicted octanol–water partition coefficient (Wildman–Crippen LogP) is 4.88. The number of nitrogens with zero attached hydrogens (tertiary/aromatic N) is 2. The molecule has 3 nitrogen and oxygen atoms in total. The van der Waals surface area contributed by atoms with Gasteiger partial charge in [0.15, 0.2) is 5.82 Å². The second-order valence-electron chi connectivity index (χ2n) is 5.05. The van der Waals surface area contributed by atoms with Gasteiger partial charge in [-0.3, -0.25) is 0 Å². The van der Waals surface area contributed by atoms with Gasteiger partial charge in [0.2, 0.25) is 0 Å². The summed E-state index contributed by atoms with van der Waals surface area (Å²) < 4.78 is 25.9. The average Bonchev–Trinajstić information content (AvgIpc) is 2.56. The average molecular weight is 334 g/mol. The van der Waals surface area contributed by atoms with Crippen molar-refractivity contribution in [3.8, 4) is 0 Å². The molecule has 0 saturated heterocycles. The van der Waals surface area contributed by atoms with Crippen molar-refractivity contribution in [1.82, 2.24) is 9.97 Å². The van der Waals surface area contributed by atoms with E-state index in [0.29, 0.717) is 22.9 Å². The largest absolute Gasteiger partial charge is 0.369 e. The van der Waals surface area contributed by atoms with Gasteiger partial charge in [-0.05, 0) is 36.2 Å². The molecule has 118 valence electrons. The SMILES string of the molecule is FC(F)c1nc(NCCc2ccc(Cl)cc2)c2ccccc2n1. The summed E-state index contributed by atoms with van der Waals surface area (Å²) >= 11 is 5.85. The van der Waals surface area contributed by atoms with E-state index in [1.807, 2.05) is 36.4 Å². The van der Waals surface area contributed by atoms with E-state index in [2.05, 4.69) is 15.3 Å². The molecule has 1 aromatic heterocycles. The molecular formula is C17H14ClF2N3. The maximum Gasteiger partial charge on any atom is 0.297 e. The van der Waals surface area contributed by atoms with Crippen LogP contribution in [0.4, 0.5) is 14.6 Å². The highest BCUT2D eigenvalue weighted by molar-refractivity contribution is 6.30. The van der Waals surface area contributed by atoms with E-state index in [-0.39, 0.29) is 0 Å². The number of halogens is 3. The Morgan fingerprint density at radius 3 is 2.48 bits per heavy atom. The zero-order valence-electron chi connectivity index (χ0n) is 12.1. The molecule has 0 unspecified atom stereocenters. The zero-order chi connectivity index (χ0) is 16.2. The van der Waals surface area contributed by atoms with E-state index in [1.54, 1.807) is 12.1 Å².